The fourth-order valence-corrected chi connectivity index (χ4v) is 2.65. The first-order chi connectivity index (χ1) is 13.9. The van der Waals surface area contributed by atoms with Crippen LogP contribution in [0.5, 0.6) is 0 Å². The van der Waals surface area contributed by atoms with Gasteiger partial charge in [0.15, 0.2) is 11.9 Å². The van der Waals surface area contributed by atoms with Gasteiger partial charge in [-0.05, 0) is 24.4 Å². The van der Waals surface area contributed by atoms with Gasteiger partial charge in [-0.3, -0.25) is 4.79 Å². The number of nitrogens with one attached hydrogen (secondary N) is 3. The van der Waals surface area contributed by atoms with Crippen molar-refractivity contribution < 1.29 is 14.2 Å². The van der Waals surface area contributed by atoms with Gasteiger partial charge >= 0.3 is 5.82 Å². The number of rotatable bonds is 10. The first-order valence-electron chi connectivity index (χ1n) is 9.30. The van der Waals surface area contributed by atoms with E-state index in [2.05, 4.69) is 36.0 Å². The summed E-state index contributed by atoms with van der Waals surface area (Å²) < 4.78 is 7.68. The number of ether oxygens (including phenoxy) is 1. The number of tetrazole rings is 1. The predicted octanol–water partition coefficient (Wildman–Crippen LogP) is -0.436. The molecule has 154 valence electrons. The number of carbonyl (C=O) groups excluding carboxylic acids is 1. The van der Waals surface area contributed by atoms with Crippen molar-refractivity contribution in [2.24, 2.45) is 5.73 Å². The SMILES string of the molecule is CC(C)(N)C(=O)N[C@H](COCc1ccccc1)c1nc[nH][n+]1CCc1nn[nH]n1. The van der Waals surface area contributed by atoms with Crippen molar-refractivity contribution in [3.63, 3.8) is 0 Å². The molecule has 0 bridgehead atoms. The maximum atomic E-state index is 12.5. The molecule has 5 N–H and O–H groups in total. The number of hydrogen-bond donors (Lipinski definition) is 4. The van der Waals surface area contributed by atoms with Crippen molar-refractivity contribution in [2.75, 3.05) is 6.61 Å². The fraction of sp³-hybridized carbons (Fsp3) is 0.444. The van der Waals surface area contributed by atoms with Gasteiger partial charge in [-0.2, -0.15) is 15.0 Å². The molecule has 11 nitrogen and oxygen atoms in total. The number of amides is 1. The zero-order chi connectivity index (χ0) is 20.7. The summed E-state index contributed by atoms with van der Waals surface area (Å²) in [7, 11) is 0. The van der Waals surface area contributed by atoms with Crippen molar-refractivity contribution in [1.29, 1.82) is 0 Å². The average Bonchev–Trinajstić information content (AvgIpc) is 3.37. The predicted molar refractivity (Wildman–Crippen MR) is 102 cm³/mol. The number of aromatic amines is 2. The van der Waals surface area contributed by atoms with Crippen LogP contribution in [0.3, 0.4) is 0 Å². The molecule has 3 rings (SSSR count). The molecule has 0 aliphatic rings. The van der Waals surface area contributed by atoms with E-state index in [1.54, 1.807) is 20.2 Å². The number of aryl methyl sites for hydroxylation is 2. The lowest BCUT2D eigenvalue weighted by Gasteiger charge is -2.21. The summed E-state index contributed by atoms with van der Waals surface area (Å²) in [6.07, 6.45) is 2.11. The largest absolute Gasteiger partial charge is 0.374 e. The quantitative estimate of drug-likeness (QED) is 0.337. The normalized spacial score (nSPS) is 12.7. The molecule has 11 heteroatoms. The Kier molecular flexibility index (Phi) is 6.62. The molecule has 0 saturated carbocycles. The molecule has 2 heterocycles. The second-order valence-corrected chi connectivity index (χ2v) is 7.22. The summed E-state index contributed by atoms with van der Waals surface area (Å²) in [5.41, 5.74) is 5.97. The summed E-state index contributed by atoms with van der Waals surface area (Å²) in [4.78, 5) is 16.9. The minimum Gasteiger partial charge on any atom is -0.374 e. The second-order valence-electron chi connectivity index (χ2n) is 7.22. The highest BCUT2D eigenvalue weighted by molar-refractivity contribution is 5.85. The third-order valence-corrected chi connectivity index (χ3v) is 4.23. The van der Waals surface area contributed by atoms with E-state index >= 15 is 0 Å². The van der Waals surface area contributed by atoms with E-state index in [9.17, 15) is 4.79 Å². The van der Waals surface area contributed by atoms with Crippen molar-refractivity contribution in [2.45, 2.75) is 45.0 Å². The van der Waals surface area contributed by atoms with E-state index in [1.165, 1.54) is 0 Å². The topological polar surface area (TPSA) is 151 Å². The number of nitrogens with two attached hydrogens (primary N) is 1. The van der Waals surface area contributed by atoms with Gasteiger partial charge in [0, 0.05) is 0 Å². The Labute approximate surface area is 168 Å². The van der Waals surface area contributed by atoms with Crippen LogP contribution >= 0.6 is 0 Å². The van der Waals surface area contributed by atoms with Crippen molar-refractivity contribution in [3.8, 4) is 0 Å². The first-order valence-corrected chi connectivity index (χ1v) is 9.30. The van der Waals surface area contributed by atoms with Crippen LogP contribution < -0.4 is 15.7 Å². The van der Waals surface area contributed by atoms with E-state index in [0.29, 0.717) is 31.2 Å². The van der Waals surface area contributed by atoms with E-state index in [-0.39, 0.29) is 12.5 Å². The van der Waals surface area contributed by atoms with Gasteiger partial charge in [-0.25, -0.2) is 0 Å². The molecule has 0 aliphatic carbocycles. The lowest BCUT2D eigenvalue weighted by molar-refractivity contribution is -0.758. The maximum Gasteiger partial charge on any atom is 0.343 e. The molecule has 0 aliphatic heterocycles. The molecule has 1 aromatic carbocycles. The Bertz CT molecular complexity index is 888. The first kappa shape index (κ1) is 20.6. The van der Waals surface area contributed by atoms with E-state index in [1.807, 2.05) is 35.0 Å². The molecule has 1 atom stereocenters. The van der Waals surface area contributed by atoms with Crippen LogP contribution in [0, 0.1) is 0 Å². The fourth-order valence-electron chi connectivity index (χ4n) is 2.65. The average molecular weight is 400 g/mol. The number of H-pyrrole nitrogens is 2. The number of aromatic nitrogens is 7. The maximum absolute atomic E-state index is 12.5. The molecule has 0 unspecified atom stereocenters. The summed E-state index contributed by atoms with van der Waals surface area (Å²) in [5, 5.41) is 19.9. The van der Waals surface area contributed by atoms with E-state index < -0.39 is 11.6 Å². The second kappa shape index (κ2) is 9.34. The van der Waals surface area contributed by atoms with Crippen LogP contribution in [0.25, 0.3) is 0 Å². The minimum absolute atomic E-state index is 0.240. The van der Waals surface area contributed by atoms with Crippen LogP contribution in [0.15, 0.2) is 36.7 Å². The third-order valence-electron chi connectivity index (χ3n) is 4.23. The highest BCUT2D eigenvalue weighted by atomic mass is 16.5. The van der Waals surface area contributed by atoms with E-state index in [4.69, 9.17) is 10.5 Å². The highest BCUT2D eigenvalue weighted by Gasteiger charge is 2.32. The summed E-state index contributed by atoms with van der Waals surface area (Å²) in [6, 6.07) is 9.34. The van der Waals surface area contributed by atoms with Gasteiger partial charge in [0.1, 0.15) is 6.54 Å². The minimum atomic E-state index is -1.02. The Morgan fingerprint density at radius 3 is 2.83 bits per heavy atom. The molecular formula is C18H26N9O2+. The number of carbonyl (C=O) groups is 1. The number of benzene rings is 1. The molecule has 29 heavy (non-hydrogen) atoms. The van der Waals surface area contributed by atoms with Crippen LogP contribution in [-0.2, 0) is 29.1 Å². The number of nitrogens with zero attached hydrogens (tertiary/aromatic N) is 5. The van der Waals surface area contributed by atoms with Gasteiger partial charge in [-0.15, -0.1) is 10.2 Å². The van der Waals surface area contributed by atoms with Gasteiger partial charge in [0.25, 0.3) is 0 Å². The lowest BCUT2D eigenvalue weighted by Crippen LogP contribution is -2.53. The Morgan fingerprint density at radius 1 is 1.34 bits per heavy atom. The summed E-state index contributed by atoms with van der Waals surface area (Å²) in [5.74, 6) is 0.916. The smallest absolute Gasteiger partial charge is 0.343 e. The monoisotopic (exact) mass is 400 g/mol. The Hall–Kier alpha value is -3.18. The van der Waals surface area contributed by atoms with Crippen LogP contribution in [-0.4, -0.2) is 48.8 Å². The van der Waals surface area contributed by atoms with Crippen LogP contribution in [0.1, 0.15) is 37.1 Å². The molecule has 0 radical (unpaired) electrons. The number of hydrogen-bond acceptors (Lipinski definition) is 7. The Morgan fingerprint density at radius 2 is 2.14 bits per heavy atom. The van der Waals surface area contributed by atoms with Crippen molar-refractivity contribution >= 4 is 5.91 Å². The molecule has 0 fully saturated rings. The van der Waals surface area contributed by atoms with E-state index in [0.717, 1.165) is 5.56 Å². The molecular weight excluding hydrogens is 374 g/mol. The zero-order valence-electron chi connectivity index (χ0n) is 16.5. The van der Waals surface area contributed by atoms with Crippen LogP contribution in [0.2, 0.25) is 0 Å². The summed E-state index contributed by atoms with van der Waals surface area (Å²) >= 11 is 0. The van der Waals surface area contributed by atoms with Gasteiger partial charge < -0.3 is 15.8 Å². The Balaban J connectivity index is 1.70. The molecule has 2 aromatic heterocycles. The molecule has 0 spiro atoms. The molecule has 1 amide bonds. The standard InChI is InChI=1S/C18H25N9O2/c1-18(2,19)17(28)22-14(11-29-10-13-6-4-3-5-7-13)16-20-12-21-27(16)9-8-15-23-25-26-24-15/h3-7,12,14H,8-11,19H2,1-2H3,(H2,22,23,24,25,26,28)/p+1/t14-/m1/s1. The van der Waals surface area contributed by atoms with Crippen molar-refractivity contribution in [3.05, 3.63) is 53.9 Å². The van der Waals surface area contributed by atoms with Crippen molar-refractivity contribution in [1.82, 2.24) is 36.0 Å². The molecule has 3 aromatic rings. The zero-order valence-corrected chi connectivity index (χ0v) is 16.5. The molecule has 0 saturated heterocycles. The summed E-state index contributed by atoms with van der Waals surface area (Å²) in [6.45, 7) is 4.50. The highest BCUT2D eigenvalue weighted by Crippen LogP contribution is 2.11. The van der Waals surface area contributed by atoms with Gasteiger partial charge in [0.05, 0.1) is 25.2 Å². The van der Waals surface area contributed by atoms with Gasteiger partial charge in [-0.1, -0.05) is 35.5 Å². The van der Waals surface area contributed by atoms with Gasteiger partial charge in [0.2, 0.25) is 12.2 Å². The lowest BCUT2D eigenvalue weighted by atomic mass is 10.1. The van der Waals surface area contributed by atoms with Crippen LogP contribution in [0.4, 0.5) is 0 Å². The third kappa shape index (κ3) is 5.90.